The summed E-state index contributed by atoms with van der Waals surface area (Å²) in [6, 6.07) is 0. The first kappa shape index (κ1) is 10.8. The molecule has 0 aromatic carbocycles. The van der Waals surface area contributed by atoms with Gasteiger partial charge in [0.15, 0.2) is 0 Å². The lowest BCUT2D eigenvalue weighted by molar-refractivity contribution is 0.347. The van der Waals surface area contributed by atoms with Crippen LogP contribution in [-0.4, -0.2) is 10.5 Å². The summed E-state index contributed by atoms with van der Waals surface area (Å²) < 4.78 is 0. The fraction of sp³-hybridized carbons (Fsp3) is 0.875. The summed E-state index contributed by atoms with van der Waals surface area (Å²) in [5, 5.41) is 0. The fourth-order valence-electron chi connectivity index (χ4n) is 1.23. The molecule has 0 fully saturated rings. The second kappa shape index (κ2) is 3.07. The maximum atomic E-state index is 5.84. The van der Waals surface area contributed by atoms with Crippen molar-refractivity contribution in [2.24, 2.45) is 16.9 Å². The van der Waals surface area contributed by atoms with Gasteiger partial charge in [0.25, 0.3) is 0 Å². The largest absolute Gasteiger partial charge is 0.393 e. The van der Waals surface area contributed by atoms with Gasteiger partial charge in [-0.25, -0.2) is 0 Å². The molecule has 0 bridgehead atoms. The van der Waals surface area contributed by atoms with E-state index in [0.29, 0.717) is 4.99 Å². The maximum absolute atomic E-state index is 5.84. The van der Waals surface area contributed by atoms with E-state index in [1.54, 1.807) is 0 Å². The number of rotatable bonds is 3. The van der Waals surface area contributed by atoms with Crippen LogP contribution in [0.5, 0.6) is 0 Å². The highest BCUT2D eigenvalue weighted by Gasteiger charge is 2.27. The molecule has 0 aliphatic heterocycles. The van der Waals surface area contributed by atoms with Crippen LogP contribution in [0.25, 0.3) is 0 Å². The Kier molecular flexibility index (Phi) is 3.03. The van der Waals surface area contributed by atoms with E-state index in [1.807, 2.05) is 27.7 Å². The molecule has 0 saturated heterocycles. The predicted molar refractivity (Wildman–Crippen MR) is 53.4 cm³/mol. The van der Waals surface area contributed by atoms with Gasteiger partial charge in [0.05, 0.1) is 4.99 Å². The van der Waals surface area contributed by atoms with Crippen molar-refractivity contribution >= 4 is 17.2 Å². The van der Waals surface area contributed by atoms with Gasteiger partial charge in [-0.2, -0.15) is 0 Å². The highest BCUT2D eigenvalue weighted by molar-refractivity contribution is 7.80. The van der Waals surface area contributed by atoms with Crippen molar-refractivity contribution in [2.75, 3.05) is 0 Å². The first-order valence-electron chi connectivity index (χ1n) is 3.74. The van der Waals surface area contributed by atoms with Crippen LogP contribution in [0.15, 0.2) is 0 Å². The first-order valence-corrected chi connectivity index (χ1v) is 4.15. The van der Waals surface area contributed by atoms with Crippen molar-refractivity contribution in [3.63, 3.8) is 0 Å². The Balaban J connectivity index is 4.25. The van der Waals surface area contributed by atoms with Crippen molar-refractivity contribution in [1.82, 2.24) is 0 Å². The average molecular weight is 174 g/mol. The molecule has 0 saturated carbocycles. The Bertz CT molecular complexity index is 156. The molecule has 0 unspecified atom stereocenters. The standard InChI is InChI=1S/C8H18N2S/c1-7(2,6(9)11)5-8(3,4)10/h5,10H2,1-4H3,(H2,9,11). The lowest BCUT2D eigenvalue weighted by Gasteiger charge is -2.31. The zero-order valence-electron chi connectivity index (χ0n) is 7.77. The Morgan fingerprint density at radius 3 is 1.73 bits per heavy atom. The van der Waals surface area contributed by atoms with E-state index in [9.17, 15) is 0 Å². The van der Waals surface area contributed by atoms with Crippen molar-refractivity contribution in [3.05, 3.63) is 0 Å². The molecule has 0 rings (SSSR count). The molecule has 11 heavy (non-hydrogen) atoms. The van der Waals surface area contributed by atoms with Crippen molar-refractivity contribution in [1.29, 1.82) is 0 Å². The molecule has 0 heterocycles. The molecule has 4 N–H and O–H groups in total. The third-order valence-corrected chi connectivity index (χ3v) is 2.12. The van der Waals surface area contributed by atoms with Gasteiger partial charge in [0.2, 0.25) is 0 Å². The van der Waals surface area contributed by atoms with Crippen LogP contribution in [0.2, 0.25) is 0 Å². The van der Waals surface area contributed by atoms with E-state index in [0.717, 1.165) is 6.42 Å². The SMILES string of the molecule is CC(C)(N)CC(C)(C)C(N)=S. The van der Waals surface area contributed by atoms with Gasteiger partial charge in [-0.1, -0.05) is 26.1 Å². The third kappa shape index (κ3) is 4.32. The lowest BCUT2D eigenvalue weighted by Crippen LogP contribution is -2.42. The average Bonchev–Trinajstić information content (AvgIpc) is 1.56. The molecular formula is C8H18N2S. The minimum absolute atomic E-state index is 0.131. The molecule has 3 heteroatoms. The number of hydrogen-bond acceptors (Lipinski definition) is 2. The third-order valence-electron chi connectivity index (χ3n) is 1.56. The summed E-state index contributed by atoms with van der Waals surface area (Å²) in [6.07, 6.45) is 0.815. The maximum Gasteiger partial charge on any atom is 0.0785 e. The molecule has 0 aromatic heterocycles. The van der Waals surface area contributed by atoms with Crippen LogP contribution in [0.1, 0.15) is 34.1 Å². The summed E-state index contributed by atoms with van der Waals surface area (Å²) in [5.74, 6) is 0. The summed E-state index contributed by atoms with van der Waals surface area (Å²) in [5.41, 5.74) is 11.1. The minimum Gasteiger partial charge on any atom is -0.393 e. The Hall–Kier alpha value is -0.150. The van der Waals surface area contributed by atoms with E-state index >= 15 is 0 Å². The molecule has 2 nitrogen and oxygen atoms in total. The van der Waals surface area contributed by atoms with Gasteiger partial charge in [0, 0.05) is 11.0 Å². The zero-order chi connectivity index (χ0) is 9.28. The van der Waals surface area contributed by atoms with Gasteiger partial charge < -0.3 is 11.5 Å². The molecule has 0 atom stereocenters. The second-order valence-corrected chi connectivity index (χ2v) is 4.85. The normalized spacial score (nSPS) is 13.2. The molecule has 0 radical (unpaired) electrons. The van der Waals surface area contributed by atoms with Gasteiger partial charge >= 0.3 is 0 Å². The number of hydrogen-bond donors (Lipinski definition) is 2. The Labute approximate surface area is 74.3 Å². The van der Waals surface area contributed by atoms with Crippen LogP contribution in [0.3, 0.4) is 0 Å². The molecule has 0 aromatic rings. The second-order valence-electron chi connectivity index (χ2n) is 4.41. The van der Waals surface area contributed by atoms with E-state index in [-0.39, 0.29) is 11.0 Å². The molecule has 66 valence electrons. The van der Waals surface area contributed by atoms with E-state index in [4.69, 9.17) is 23.7 Å². The molecule has 0 aliphatic rings. The van der Waals surface area contributed by atoms with Gasteiger partial charge in [-0.15, -0.1) is 0 Å². The molecule has 0 spiro atoms. The summed E-state index contributed by atoms with van der Waals surface area (Å²) >= 11 is 4.92. The highest BCUT2D eigenvalue weighted by Crippen LogP contribution is 2.26. The predicted octanol–water partition coefficient (Wildman–Crippen LogP) is 1.43. The Morgan fingerprint density at radius 1 is 1.27 bits per heavy atom. The first-order chi connectivity index (χ1) is 4.65. The smallest absolute Gasteiger partial charge is 0.0785 e. The van der Waals surface area contributed by atoms with Crippen molar-refractivity contribution in [3.8, 4) is 0 Å². The van der Waals surface area contributed by atoms with Gasteiger partial charge in [-0.05, 0) is 20.3 Å². The van der Waals surface area contributed by atoms with E-state index in [1.165, 1.54) is 0 Å². The number of thiocarbonyl (C=S) groups is 1. The van der Waals surface area contributed by atoms with Crippen LogP contribution in [0, 0.1) is 5.41 Å². The van der Waals surface area contributed by atoms with Gasteiger partial charge in [0.1, 0.15) is 0 Å². The van der Waals surface area contributed by atoms with Crippen molar-refractivity contribution in [2.45, 2.75) is 39.7 Å². The number of nitrogens with two attached hydrogens (primary N) is 2. The topological polar surface area (TPSA) is 52.0 Å². The fourth-order valence-corrected chi connectivity index (χ4v) is 1.30. The summed E-state index contributed by atoms with van der Waals surface area (Å²) in [7, 11) is 0. The summed E-state index contributed by atoms with van der Waals surface area (Å²) in [6.45, 7) is 7.99. The van der Waals surface area contributed by atoms with E-state index < -0.39 is 0 Å². The zero-order valence-corrected chi connectivity index (χ0v) is 8.59. The van der Waals surface area contributed by atoms with Crippen LogP contribution in [-0.2, 0) is 0 Å². The van der Waals surface area contributed by atoms with E-state index in [2.05, 4.69) is 0 Å². The molecule has 0 amide bonds. The minimum atomic E-state index is -0.201. The van der Waals surface area contributed by atoms with Crippen molar-refractivity contribution < 1.29 is 0 Å². The van der Waals surface area contributed by atoms with Gasteiger partial charge in [-0.3, -0.25) is 0 Å². The molecule has 0 aliphatic carbocycles. The highest BCUT2D eigenvalue weighted by atomic mass is 32.1. The monoisotopic (exact) mass is 174 g/mol. The summed E-state index contributed by atoms with van der Waals surface area (Å²) in [4.78, 5) is 0.538. The Morgan fingerprint density at radius 2 is 1.64 bits per heavy atom. The quantitative estimate of drug-likeness (QED) is 0.636. The van der Waals surface area contributed by atoms with Crippen LogP contribution in [0.4, 0.5) is 0 Å². The van der Waals surface area contributed by atoms with Crippen LogP contribution < -0.4 is 11.5 Å². The lowest BCUT2D eigenvalue weighted by atomic mass is 9.80. The van der Waals surface area contributed by atoms with Crippen LogP contribution >= 0.6 is 12.2 Å². The molecular weight excluding hydrogens is 156 g/mol.